The summed E-state index contributed by atoms with van der Waals surface area (Å²) < 4.78 is 40.9. The highest BCUT2D eigenvalue weighted by Crippen LogP contribution is 2.36. The lowest BCUT2D eigenvalue weighted by Crippen LogP contribution is -2.31. The Kier molecular flexibility index (Phi) is 4.70. The molecule has 1 fully saturated rings. The SMILES string of the molecule is CN(C)C1CCN(c2cccc3c2CN(S(=O)(=O)c2cccc(F)c2)C3)C1. The topological polar surface area (TPSA) is 43.9 Å². The molecule has 0 N–H and O–H groups in total. The monoisotopic (exact) mass is 389 g/mol. The second-order valence-corrected chi connectivity index (χ2v) is 9.44. The zero-order valence-corrected chi connectivity index (χ0v) is 16.4. The molecule has 2 heterocycles. The van der Waals surface area contributed by atoms with E-state index in [-0.39, 0.29) is 4.90 Å². The summed E-state index contributed by atoms with van der Waals surface area (Å²) >= 11 is 0. The number of rotatable bonds is 4. The Labute approximate surface area is 160 Å². The van der Waals surface area contributed by atoms with Gasteiger partial charge in [-0.15, -0.1) is 0 Å². The van der Waals surface area contributed by atoms with Gasteiger partial charge in [-0.25, -0.2) is 12.8 Å². The molecule has 1 atom stereocenters. The summed E-state index contributed by atoms with van der Waals surface area (Å²) in [5.41, 5.74) is 3.21. The summed E-state index contributed by atoms with van der Waals surface area (Å²) in [6.45, 7) is 2.57. The molecule has 2 aromatic carbocycles. The maximum Gasteiger partial charge on any atom is 0.243 e. The zero-order chi connectivity index (χ0) is 19.2. The summed E-state index contributed by atoms with van der Waals surface area (Å²) in [5, 5.41) is 0. The van der Waals surface area contributed by atoms with E-state index in [9.17, 15) is 12.8 Å². The lowest BCUT2D eigenvalue weighted by Gasteiger charge is -2.24. The van der Waals surface area contributed by atoms with E-state index in [1.165, 1.54) is 22.5 Å². The van der Waals surface area contributed by atoms with Gasteiger partial charge in [-0.2, -0.15) is 4.31 Å². The highest BCUT2D eigenvalue weighted by molar-refractivity contribution is 7.89. The number of hydrogen-bond acceptors (Lipinski definition) is 4. The van der Waals surface area contributed by atoms with Crippen molar-refractivity contribution < 1.29 is 12.8 Å². The molecule has 0 radical (unpaired) electrons. The Hall–Kier alpha value is -1.96. The largest absolute Gasteiger partial charge is 0.370 e. The van der Waals surface area contributed by atoms with Gasteiger partial charge in [0.05, 0.1) is 4.90 Å². The molecule has 2 aliphatic rings. The first-order valence-electron chi connectivity index (χ1n) is 9.14. The van der Waals surface area contributed by atoms with Crippen LogP contribution in [-0.4, -0.2) is 50.8 Å². The number of hydrogen-bond donors (Lipinski definition) is 0. The smallest absolute Gasteiger partial charge is 0.243 e. The fourth-order valence-electron chi connectivity index (χ4n) is 4.00. The lowest BCUT2D eigenvalue weighted by molar-refractivity contribution is 0.315. The molecule has 0 saturated carbocycles. The van der Waals surface area contributed by atoms with Crippen LogP contribution in [0.25, 0.3) is 0 Å². The average Bonchev–Trinajstić information content (AvgIpc) is 3.29. The van der Waals surface area contributed by atoms with Gasteiger partial charge in [-0.3, -0.25) is 0 Å². The third kappa shape index (κ3) is 3.35. The molecule has 0 spiro atoms. The minimum Gasteiger partial charge on any atom is -0.370 e. The fourth-order valence-corrected chi connectivity index (χ4v) is 5.42. The van der Waals surface area contributed by atoms with Crippen molar-refractivity contribution in [1.29, 1.82) is 0 Å². The van der Waals surface area contributed by atoms with Crippen LogP contribution < -0.4 is 4.90 Å². The van der Waals surface area contributed by atoms with Crippen LogP contribution in [0.4, 0.5) is 10.1 Å². The third-order valence-electron chi connectivity index (χ3n) is 5.60. The first-order valence-corrected chi connectivity index (χ1v) is 10.6. The van der Waals surface area contributed by atoms with Crippen molar-refractivity contribution in [1.82, 2.24) is 9.21 Å². The van der Waals surface area contributed by atoms with Gasteiger partial charge in [0.2, 0.25) is 10.0 Å². The maximum atomic E-state index is 13.5. The van der Waals surface area contributed by atoms with E-state index in [1.807, 2.05) is 12.1 Å². The van der Waals surface area contributed by atoms with Crippen molar-refractivity contribution >= 4 is 15.7 Å². The molecule has 1 saturated heterocycles. The molecule has 7 heteroatoms. The van der Waals surface area contributed by atoms with Gasteiger partial charge in [0.15, 0.2) is 0 Å². The molecule has 27 heavy (non-hydrogen) atoms. The van der Waals surface area contributed by atoms with E-state index in [4.69, 9.17) is 0 Å². The van der Waals surface area contributed by atoms with Gasteiger partial charge in [-0.1, -0.05) is 18.2 Å². The average molecular weight is 389 g/mol. The first-order chi connectivity index (χ1) is 12.9. The van der Waals surface area contributed by atoms with Crippen molar-refractivity contribution in [2.45, 2.75) is 30.4 Å². The molecule has 144 valence electrons. The van der Waals surface area contributed by atoms with Gasteiger partial charge in [0, 0.05) is 37.9 Å². The molecule has 0 aromatic heterocycles. The summed E-state index contributed by atoms with van der Waals surface area (Å²) in [4.78, 5) is 4.59. The second-order valence-electron chi connectivity index (χ2n) is 7.50. The zero-order valence-electron chi connectivity index (χ0n) is 15.6. The van der Waals surface area contributed by atoms with E-state index in [0.717, 1.165) is 42.4 Å². The van der Waals surface area contributed by atoms with Crippen LogP contribution in [0, 0.1) is 5.82 Å². The number of likely N-dealkylation sites (N-methyl/N-ethyl adjacent to an activating group) is 1. The standard InChI is InChI=1S/C20H24FN3O2S/c1-22(2)17-9-10-23(13-17)20-8-3-5-15-12-24(14-19(15)20)27(25,26)18-7-4-6-16(21)11-18/h3-8,11,17H,9-10,12-14H2,1-2H3. The minimum absolute atomic E-state index is 0.00528. The van der Waals surface area contributed by atoms with Crippen LogP contribution in [0.5, 0.6) is 0 Å². The maximum absolute atomic E-state index is 13.5. The van der Waals surface area contributed by atoms with E-state index >= 15 is 0 Å². The normalized spacial score (nSPS) is 20.4. The number of nitrogens with zero attached hydrogens (tertiary/aromatic N) is 3. The molecule has 0 bridgehead atoms. The Balaban J connectivity index is 1.61. The quantitative estimate of drug-likeness (QED) is 0.807. The third-order valence-corrected chi connectivity index (χ3v) is 7.39. The van der Waals surface area contributed by atoms with Crippen molar-refractivity contribution in [3.63, 3.8) is 0 Å². The van der Waals surface area contributed by atoms with Gasteiger partial charge < -0.3 is 9.80 Å². The minimum atomic E-state index is -3.73. The number of sulfonamides is 1. The van der Waals surface area contributed by atoms with Gasteiger partial charge in [0.25, 0.3) is 0 Å². The van der Waals surface area contributed by atoms with Gasteiger partial charge in [0.1, 0.15) is 5.82 Å². The summed E-state index contributed by atoms with van der Waals surface area (Å²) in [6, 6.07) is 11.8. The highest BCUT2D eigenvalue weighted by Gasteiger charge is 2.34. The number of benzene rings is 2. The van der Waals surface area contributed by atoms with Gasteiger partial charge in [-0.05, 0) is 55.9 Å². The molecule has 0 aliphatic carbocycles. The van der Waals surface area contributed by atoms with Crippen LogP contribution in [0.1, 0.15) is 17.5 Å². The molecule has 2 aliphatic heterocycles. The molecule has 5 nitrogen and oxygen atoms in total. The summed E-state index contributed by atoms with van der Waals surface area (Å²) in [6.07, 6.45) is 1.10. The van der Waals surface area contributed by atoms with Crippen molar-refractivity contribution in [2.24, 2.45) is 0 Å². The predicted octanol–water partition coefficient (Wildman–Crippen LogP) is 2.67. The van der Waals surface area contributed by atoms with Crippen LogP contribution >= 0.6 is 0 Å². The molecule has 1 unspecified atom stereocenters. The van der Waals surface area contributed by atoms with E-state index < -0.39 is 15.8 Å². The molecule has 2 aromatic rings. The van der Waals surface area contributed by atoms with E-state index in [1.54, 1.807) is 0 Å². The van der Waals surface area contributed by atoms with Crippen molar-refractivity contribution in [3.05, 3.63) is 59.4 Å². The van der Waals surface area contributed by atoms with Crippen molar-refractivity contribution in [2.75, 3.05) is 32.1 Å². The number of fused-ring (bicyclic) bond motifs is 1. The molecular weight excluding hydrogens is 365 g/mol. The Morgan fingerprint density at radius 1 is 1.11 bits per heavy atom. The Bertz CT molecular complexity index is 961. The van der Waals surface area contributed by atoms with Gasteiger partial charge >= 0.3 is 0 Å². The number of anilines is 1. The summed E-state index contributed by atoms with van der Waals surface area (Å²) in [5.74, 6) is -0.541. The van der Waals surface area contributed by atoms with Crippen LogP contribution in [0.15, 0.2) is 47.4 Å². The van der Waals surface area contributed by atoms with E-state index in [0.29, 0.717) is 19.1 Å². The first kappa shape index (κ1) is 18.4. The second kappa shape index (κ2) is 6.89. The van der Waals surface area contributed by atoms with Crippen molar-refractivity contribution in [3.8, 4) is 0 Å². The van der Waals surface area contributed by atoms with Crippen LogP contribution in [0.2, 0.25) is 0 Å². The Morgan fingerprint density at radius 2 is 1.89 bits per heavy atom. The molecule has 0 amide bonds. The fraction of sp³-hybridized carbons (Fsp3) is 0.400. The Morgan fingerprint density at radius 3 is 2.59 bits per heavy atom. The van der Waals surface area contributed by atoms with Crippen LogP contribution in [-0.2, 0) is 23.1 Å². The molecular formula is C20H24FN3O2S. The number of halogens is 1. The molecule has 4 rings (SSSR count). The lowest BCUT2D eigenvalue weighted by atomic mass is 10.1. The van der Waals surface area contributed by atoms with E-state index in [2.05, 4.69) is 30.0 Å². The highest BCUT2D eigenvalue weighted by atomic mass is 32.2. The predicted molar refractivity (Wildman–Crippen MR) is 104 cm³/mol. The summed E-state index contributed by atoms with van der Waals surface area (Å²) in [7, 11) is 0.461. The van der Waals surface area contributed by atoms with Crippen LogP contribution in [0.3, 0.4) is 0 Å².